The van der Waals surface area contributed by atoms with Gasteiger partial charge in [0.15, 0.2) is 0 Å². The van der Waals surface area contributed by atoms with E-state index in [4.69, 9.17) is 14.2 Å². The van der Waals surface area contributed by atoms with Gasteiger partial charge < -0.3 is 14.2 Å². The Balaban J connectivity index is 1.75. The molecule has 2 rings (SSSR count). The third-order valence-corrected chi connectivity index (χ3v) is 4.32. The van der Waals surface area contributed by atoms with Crippen molar-refractivity contribution >= 4 is 11.9 Å². The molecule has 0 heterocycles. The second kappa shape index (κ2) is 11.8. The fraction of sp³-hybridized carbons (Fsp3) is 0.391. The molecule has 0 saturated heterocycles. The van der Waals surface area contributed by atoms with Gasteiger partial charge in [0, 0.05) is 6.92 Å². The number of benzene rings is 2. The van der Waals surface area contributed by atoms with E-state index in [1.807, 2.05) is 24.3 Å². The Hall–Kier alpha value is -2.82. The van der Waals surface area contributed by atoms with Crippen molar-refractivity contribution in [3.8, 4) is 5.75 Å². The summed E-state index contributed by atoms with van der Waals surface area (Å²) in [7, 11) is 1.37. The molecule has 0 aromatic heterocycles. The van der Waals surface area contributed by atoms with Crippen molar-refractivity contribution in [2.45, 2.75) is 45.6 Å². The number of esters is 2. The fourth-order valence-electron chi connectivity index (χ4n) is 2.86. The van der Waals surface area contributed by atoms with Gasteiger partial charge in [-0.3, -0.25) is 4.79 Å². The zero-order valence-electron chi connectivity index (χ0n) is 16.6. The van der Waals surface area contributed by atoms with Crippen LogP contribution in [0.3, 0.4) is 0 Å². The highest BCUT2D eigenvalue weighted by atomic mass is 16.5. The van der Waals surface area contributed by atoms with Gasteiger partial charge in [-0.2, -0.15) is 0 Å². The fourth-order valence-corrected chi connectivity index (χ4v) is 2.86. The van der Waals surface area contributed by atoms with E-state index in [0.29, 0.717) is 18.8 Å². The summed E-state index contributed by atoms with van der Waals surface area (Å²) < 4.78 is 15.6. The van der Waals surface area contributed by atoms with E-state index in [1.165, 1.54) is 19.6 Å². The smallest absolute Gasteiger partial charge is 0.337 e. The molecule has 150 valence electrons. The summed E-state index contributed by atoms with van der Waals surface area (Å²) in [5.41, 5.74) is 2.67. The van der Waals surface area contributed by atoms with Crippen LogP contribution < -0.4 is 4.74 Å². The van der Waals surface area contributed by atoms with Gasteiger partial charge in [-0.15, -0.1) is 0 Å². The van der Waals surface area contributed by atoms with Gasteiger partial charge in [0.2, 0.25) is 0 Å². The number of hydrogen-bond donors (Lipinski definition) is 0. The van der Waals surface area contributed by atoms with E-state index in [2.05, 4.69) is 12.1 Å². The maximum atomic E-state index is 11.6. The van der Waals surface area contributed by atoms with Crippen molar-refractivity contribution in [3.05, 3.63) is 65.2 Å². The normalized spacial score (nSPS) is 10.4. The zero-order valence-corrected chi connectivity index (χ0v) is 16.6. The SMILES string of the molecule is COC(=O)c1cccc(COc2cccc(CCCCCCOC(C)=O)c2)c1. The van der Waals surface area contributed by atoms with Crippen molar-refractivity contribution in [1.82, 2.24) is 0 Å². The van der Waals surface area contributed by atoms with Gasteiger partial charge >= 0.3 is 11.9 Å². The van der Waals surface area contributed by atoms with Crippen LogP contribution in [0.5, 0.6) is 5.75 Å². The highest BCUT2D eigenvalue weighted by molar-refractivity contribution is 5.89. The number of aryl methyl sites for hydroxylation is 1. The molecule has 0 spiro atoms. The highest BCUT2D eigenvalue weighted by Gasteiger charge is 2.06. The number of ether oxygens (including phenoxy) is 3. The first-order valence-corrected chi connectivity index (χ1v) is 9.61. The third-order valence-electron chi connectivity index (χ3n) is 4.32. The van der Waals surface area contributed by atoms with E-state index < -0.39 is 0 Å². The summed E-state index contributed by atoms with van der Waals surface area (Å²) in [6.07, 6.45) is 5.15. The van der Waals surface area contributed by atoms with Crippen LogP contribution in [0, 0.1) is 0 Å². The summed E-state index contributed by atoms with van der Waals surface area (Å²) in [5, 5.41) is 0. The quantitative estimate of drug-likeness (QED) is 0.414. The molecule has 2 aromatic rings. The first-order chi connectivity index (χ1) is 13.6. The lowest BCUT2D eigenvalue weighted by Crippen LogP contribution is -2.03. The summed E-state index contributed by atoms with van der Waals surface area (Å²) >= 11 is 0. The molecule has 0 amide bonds. The van der Waals surface area contributed by atoms with Crippen LogP contribution in [-0.4, -0.2) is 25.7 Å². The van der Waals surface area contributed by atoms with Crippen LogP contribution in [0.2, 0.25) is 0 Å². The second-order valence-electron chi connectivity index (χ2n) is 6.63. The molecule has 0 radical (unpaired) electrons. The molecule has 28 heavy (non-hydrogen) atoms. The number of hydrogen-bond acceptors (Lipinski definition) is 5. The van der Waals surface area contributed by atoms with Crippen LogP contribution >= 0.6 is 0 Å². The molecule has 0 aliphatic rings. The highest BCUT2D eigenvalue weighted by Crippen LogP contribution is 2.18. The number of carbonyl (C=O) groups excluding carboxylic acids is 2. The second-order valence-corrected chi connectivity index (χ2v) is 6.63. The average Bonchev–Trinajstić information content (AvgIpc) is 2.71. The van der Waals surface area contributed by atoms with Gasteiger partial charge in [0.1, 0.15) is 12.4 Å². The minimum atomic E-state index is -0.350. The van der Waals surface area contributed by atoms with Gasteiger partial charge in [-0.05, 0) is 54.7 Å². The van der Waals surface area contributed by atoms with Crippen LogP contribution in [0.15, 0.2) is 48.5 Å². The Morgan fingerprint density at radius 2 is 1.64 bits per heavy atom. The Kier molecular flexibility index (Phi) is 9.05. The molecule has 2 aromatic carbocycles. The lowest BCUT2D eigenvalue weighted by Gasteiger charge is -2.09. The molecule has 0 aliphatic heterocycles. The molecule has 0 N–H and O–H groups in total. The minimum absolute atomic E-state index is 0.214. The average molecular weight is 384 g/mol. The van der Waals surface area contributed by atoms with Crippen LogP contribution in [0.1, 0.15) is 54.1 Å². The lowest BCUT2D eigenvalue weighted by molar-refractivity contribution is -0.141. The maximum Gasteiger partial charge on any atom is 0.337 e. The molecule has 0 fully saturated rings. The summed E-state index contributed by atoms with van der Waals surface area (Å²) in [6, 6.07) is 15.3. The van der Waals surface area contributed by atoms with E-state index in [9.17, 15) is 9.59 Å². The molecule has 0 saturated carbocycles. The van der Waals surface area contributed by atoms with Crippen molar-refractivity contribution in [1.29, 1.82) is 0 Å². The van der Waals surface area contributed by atoms with Gasteiger partial charge in [-0.1, -0.05) is 37.1 Å². The molecule has 0 bridgehead atoms. The monoisotopic (exact) mass is 384 g/mol. The Morgan fingerprint density at radius 3 is 2.43 bits per heavy atom. The largest absolute Gasteiger partial charge is 0.489 e. The predicted molar refractivity (Wildman–Crippen MR) is 107 cm³/mol. The van der Waals surface area contributed by atoms with E-state index in [-0.39, 0.29) is 11.9 Å². The lowest BCUT2D eigenvalue weighted by atomic mass is 10.1. The molecule has 0 unspecified atom stereocenters. The molecule has 5 nitrogen and oxygen atoms in total. The van der Waals surface area contributed by atoms with Crippen molar-refractivity contribution < 1.29 is 23.8 Å². The summed E-state index contributed by atoms with van der Waals surface area (Å²) in [5.74, 6) is 0.251. The van der Waals surface area contributed by atoms with E-state index in [0.717, 1.165) is 43.4 Å². The van der Waals surface area contributed by atoms with Gasteiger partial charge in [0.25, 0.3) is 0 Å². The number of unbranched alkanes of at least 4 members (excludes halogenated alkanes) is 3. The molecule has 5 heteroatoms. The van der Waals surface area contributed by atoms with E-state index in [1.54, 1.807) is 12.1 Å². The number of carbonyl (C=O) groups is 2. The van der Waals surface area contributed by atoms with Gasteiger partial charge in [0.05, 0.1) is 19.3 Å². The Bertz CT molecular complexity index is 769. The Labute approximate surface area is 166 Å². The van der Waals surface area contributed by atoms with Crippen molar-refractivity contribution in [3.63, 3.8) is 0 Å². The molecule has 0 atom stereocenters. The number of rotatable bonds is 11. The summed E-state index contributed by atoms with van der Waals surface area (Å²) in [4.78, 5) is 22.3. The predicted octanol–water partition coefficient (Wildman–Crippen LogP) is 4.72. The molecule has 0 aliphatic carbocycles. The van der Waals surface area contributed by atoms with Crippen LogP contribution in [0.25, 0.3) is 0 Å². The number of methoxy groups -OCH3 is 1. The standard InChI is InChI=1S/C23H28O5/c1-18(24)27-14-6-4-3-5-9-19-10-8-13-22(16-19)28-17-20-11-7-12-21(15-20)23(25)26-2/h7-8,10-13,15-16H,3-6,9,14,17H2,1-2H3. The van der Waals surface area contributed by atoms with Crippen LogP contribution in [0.4, 0.5) is 0 Å². The topological polar surface area (TPSA) is 61.8 Å². The van der Waals surface area contributed by atoms with Crippen molar-refractivity contribution in [2.75, 3.05) is 13.7 Å². The first kappa shape index (κ1) is 21.5. The molecular formula is C23H28O5. The minimum Gasteiger partial charge on any atom is -0.489 e. The molecular weight excluding hydrogens is 356 g/mol. The van der Waals surface area contributed by atoms with Crippen molar-refractivity contribution in [2.24, 2.45) is 0 Å². The summed E-state index contributed by atoms with van der Waals surface area (Å²) in [6.45, 7) is 2.34. The first-order valence-electron chi connectivity index (χ1n) is 9.61. The van der Waals surface area contributed by atoms with E-state index >= 15 is 0 Å². The van der Waals surface area contributed by atoms with Gasteiger partial charge in [-0.25, -0.2) is 4.79 Å². The third kappa shape index (κ3) is 7.82. The maximum absolute atomic E-state index is 11.6. The zero-order chi connectivity index (χ0) is 20.2. The van der Waals surface area contributed by atoms with Crippen LogP contribution in [-0.2, 0) is 27.3 Å². The Morgan fingerprint density at radius 1 is 0.893 bits per heavy atom.